The van der Waals surface area contributed by atoms with E-state index in [9.17, 15) is 0 Å². The lowest BCUT2D eigenvalue weighted by molar-refractivity contribution is 0.586. The third kappa shape index (κ3) is 1.83. The van der Waals surface area contributed by atoms with Gasteiger partial charge >= 0.3 is 0 Å². The molecule has 2 unspecified atom stereocenters. The van der Waals surface area contributed by atoms with Gasteiger partial charge in [-0.2, -0.15) is 5.26 Å². The Morgan fingerprint density at radius 2 is 2.25 bits per heavy atom. The van der Waals surface area contributed by atoms with Crippen molar-refractivity contribution < 1.29 is 0 Å². The molecule has 2 heterocycles. The standard InChI is InChI=1S/C17H16N2S/c18-10-11-3-1-4-12(9-11)16-13-5-2-6-14(13)19-15-7-8-20-17(15)16/h1,3-4,9,13,16H,2,5-8H2. The zero-order valence-corrected chi connectivity index (χ0v) is 12.1. The Balaban J connectivity index is 1.82. The van der Waals surface area contributed by atoms with Crippen LogP contribution in [0.2, 0.25) is 0 Å². The minimum Gasteiger partial charge on any atom is -0.261 e. The zero-order valence-electron chi connectivity index (χ0n) is 11.3. The monoisotopic (exact) mass is 280 g/mol. The Bertz CT molecular complexity index is 666. The van der Waals surface area contributed by atoms with E-state index in [1.165, 1.54) is 46.9 Å². The molecule has 20 heavy (non-hydrogen) atoms. The maximum absolute atomic E-state index is 9.14. The minimum atomic E-state index is 0.459. The van der Waals surface area contributed by atoms with E-state index in [4.69, 9.17) is 10.3 Å². The first kappa shape index (κ1) is 12.2. The predicted octanol–water partition coefficient (Wildman–Crippen LogP) is 4.25. The fourth-order valence-electron chi connectivity index (χ4n) is 3.74. The SMILES string of the molecule is N#Cc1cccc(C2C3=C(CCS3)N=C3CCCC32)c1. The Kier molecular flexibility index (Phi) is 2.93. The Hall–Kier alpha value is -1.53. The number of allylic oxidation sites excluding steroid dienone is 2. The van der Waals surface area contributed by atoms with Crippen molar-refractivity contribution in [2.24, 2.45) is 10.9 Å². The zero-order chi connectivity index (χ0) is 13.5. The lowest BCUT2D eigenvalue weighted by Gasteiger charge is -2.29. The summed E-state index contributed by atoms with van der Waals surface area (Å²) in [5.41, 5.74) is 4.83. The Labute approximate surface area is 123 Å². The van der Waals surface area contributed by atoms with Crippen LogP contribution in [0, 0.1) is 17.2 Å². The summed E-state index contributed by atoms with van der Waals surface area (Å²) in [5.74, 6) is 2.21. The molecular weight excluding hydrogens is 264 g/mol. The van der Waals surface area contributed by atoms with Crippen LogP contribution >= 0.6 is 11.8 Å². The van der Waals surface area contributed by atoms with Crippen LogP contribution in [0.25, 0.3) is 0 Å². The lowest BCUT2D eigenvalue weighted by atomic mass is 9.81. The van der Waals surface area contributed by atoms with Crippen molar-refractivity contribution in [3.05, 3.63) is 46.0 Å². The van der Waals surface area contributed by atoms with E-state index >= 15 is 0 Å². The van der Waals surface area contributed by atoms with Crippen molar-refractivity contribution in [2.75, 3.05) is 5.75 Å². The summed E-state index contributed by atoms with van der Waals surface area (Å²) < 4.78 is 0. The molecule has 100 valence electrons. The van der Waals surface area contributed by atoms with E-state index in [1.807, 2.05) is 23.9 Å². The van der Waals surface area contributed by atoms with E-state index < -0.39 is 0 Å². The van der Waals surface area contributed by atoms with Gasteiger partial charge in [-0.1, -0.05) is 12.1 Å². The Morgan fingerprint density at radius 3 is 3.15 bits per heavy atom. The van der Waals surface area contributed by atoms with Gasteiger partial charge in [-0.05, 0) is 43.4 Å². The first-order valence-corrected chi connectivity index (χ1v) is 8.29. The Morgan fingerprint density at radius 1 is 1.30 bits per heavy atom. The summed E-state index contributed by atoms with van der Waals surface area (Å²) in [4.78, 5) is 6.42. The van der Waals surface area contributed by atoms with Crippen molar-refractivity contribution in [3.63, 3.8) is 0 Å². The van der Waals surface area contributed by atoms with Gasteiger partial charge in [0, 0.05) is 28.2 Å². The molecule has 0 saturated heterocycles. The summed E-state index contributed by atoms with van der Waals surface area (Å²) in [6.45, 7) is 0. The van der Waals surface area contributed by atoms with Gasteiger partial charge < -0.3 is 0 Å². The number of hydrogen-bond acceptors (Lipinski definition) is 3. The molecule has 0 radical (unpaired) electrons. The van der Waals surface area contributed by atoms with Gasteiger partial charge in [-0.15, -0.1) is 11.8 Å². The van der Waals surface area contributed by atoms with Crippen LogP contribution < -0.4 is 0 Å². The molecule has 2 atom stereocenters. The van der Waals surface area contributed by atoms with E-state index in [-0.39, 0.29) is 0 Å². The molecular formula is C17H16N2S. The number of thioether (sulfide) groups is 1. The molecule has 0 spiro atoms. The van der Waals surface area contributed by atoms with Crippen LogP contribution in [0.1, 0.15) is 42.7 Å². The quantitative estimate of drug-likeness (QED) is 0.771. The smallest absolute Gasteiger partial charge is 0.0991 e. The van der Waals surface area contributed by atoms with Gasteiger partial charge in [0.2, 0.25) is 0 Å². The second kappa shape index (κ2) is 4.79. The number of nitriles is 1. The topological polar surface area (TPSA) is 36.1 Å². The van der Waals surface area contributed by atoms with Gasteiger partial charge in [0.1, 0.15) is 0 Å². The average Bonchev–Trinajstić information content (AvgIpc) is 3.12. The van der Waals surface area contributed by atoms with Crippen LogP contribution in [0.5, 0.6) is 0 Å². The highest BCUT2D eigenvalue weighted by Gasteiger charge is 2.39. The summed E-state index contributed by atoms with van der Waals surface area (Å²) >= 11 is 1.98. The van der Waals surface area contributed by atoms with Crippen molar-refractivity contribution in [1.82, 2.24) is 0 Å². The van der Waals surface area contributed by atoms with Crippen molar-refractivity contribution >= 4 is 17.5 Å². The van der Waals surface area contributed by atoms with Crippen molar-refractivity contribution in [3.8, 4) is 6.07 Å². The number of benzene rings is 1. The second-order valence-corrected chi connectivity index (χ2v) is 6.86. The van der Waals surface area contributed by atoms with Gasteiger partial charge in [0.15, 0.2) is 0 Å². The molecule has 0 aromatic heterocycles. The van der Waals surface area contributed by atoms with Gasteiger partial charge in [-0.3, -0.25) is 4.99 Å². The molecule has 3 aliphatic rings. The largest absolute Gasteiger partial charge is 0.261 e. The molecule has 1 aliphatic carbocycles. The van der Waals surface area contributed by atoms with E-state index in [2.05, 4.69) is 18.2 Å². The predicted molar refractivity (Wildman–Crippen MR) is 82.8 cm³/mol. The fraction of sp³-hybridized carbons (Fsp3) is 0.412. The second-order valence-electron chi connectivity index (χ2n) is 5.73. The van der Waals surface area contributed by atoms with Gasteiger partial charge in [0.05, 0.1) is 17.3 Å². The number of aliphatic imine (C=N–C) groups is 1. The minimum absolute atomic E-state index is 0.459. The molecule has 1 aromatic carbocycles. The van der Waals surface area contributed by atoms with Crippen LogP contribution in [0.3, 0.4) is 0 Å². The highest BCUT2D eigenvalue weighted by Crippen LogP contribution is 2.52. The average molecular weight is 280 g/mol. The summed E-state index contributed by atoms with van der Waals surface area (Å²) in [7, 11) is 0. The molecule has 2 aliphatic heterocycles. The third-order valence-electron chi connectivity index (χ3n) is 4.60. The van der Waals surface area contributed by atoms with Crippen LogP contribution in [0.15, 0.2) is 39.9 Å². The molecule has 0 amide bonds. The molecule has 0 bridgehead atoms. The maximum Gasteiger partial charge on any atom is 0.0991 e. The first-order chi connectivity index (χ1) is 9.86. The number of rotatable bonds is 1. The van der Waals surface area contributed by atoms with Gasteiger partial charge in [-0.25, -0.2) is 0 Å². The van der Waals surface area contributed by atoms with Crippen LogP contribution in [-0.2, 0) is 0 Å². The maximum atomic E-state index is 9.14. The fourth-order valence-corrected chi connectivity index (χ4v) is 5.05. The first-order valence-electron chi connectivity index (χ1n) is 7.30. The third-order valence-corrected chi connectivity index (χ3v) is 5.80. The van der Waals surface area contributed by atoms with E-state index in [0.717, 1.165) is 12.0 Å². The molecule has 4 rings (SSSR count). The molecule has 2 nitrogen and oxygen atoms in total. The number of nitrogens with zero attached hydrogens (tertiary/aromatic N) is 2. The molecule has 3 heteroatoms. The van der Waals surface area contributed by atoms with Crippen molar-refractivity contribution in [2.45, 2.75) is 31.6 Å². The van der Waals surface area contributed by atoms with Crippen LogP contribution in [0.4, 0.5) is 0 Å². The summed E-state index contributed by atoms with van der Waals surface area (Å²) in [6.07, 6.45) is 4.80. The molecule has 0 N–H and O–H groups in total. The molecule has 1 aromatic rings. The van der Waals surface area contributed by atoms with Crippen molar-refractivity contribution in [1.29, 1.82) is 5.26 Å². The summed E-state index contributed by atoms with van der Waals surface area (Å²) in [6, 6.07) is 10.5. The molecule has 1 saturated carbocycles. The van der Waals surface area contributed by atoms with Crippen LogP contribution in [-0.4, -0.2) is 11.5 Å². The van der Waals surface area contributed by atoms with E-state index in [0.29, 0.717) is 11.8 Å². The molecule has 1 fully saturated rings. The van der Waals surface area contributed by atoms with E-state index in [1.54, 1.807) is 0 Å². The highest BCUT2D eigenvalue weighted by atomic mass is 32.2. The number of fused-ring (bicyclic) bond motifs is 1. The highest BCUT2D eigenvalue weighted by molar-refractivity contribution is 8.03. The van der Waals surface area contributed by atoms with Gasteiger partial charge in [0.25, 0.3) is 0 Å². The lowest BCUT2D eigenvalue weighted by Crippen LogP contribution is -2.22. The summed E-state index contributed by atoms with van der Waals surface area (Å²) in [5, 5.41) is 9.14. The number of hydrogen-bond donors (Lipinski definition) is 0. The normalized spacial score (nSPS) is 27.9.